The lowest BCUT2D eigenvalue weighted by molar-refractivity contribution is -0.123. The van der Waals surface area contributed by atoms with Crippen LogP contribution in [-0.4, -0.2) is 18.5 Å². The Bertz CT molecular complexity index is 727. The first kappa shape index (κ1) is 17.6. The molecule has 2 aromatic rings. The van der Waals surface area contributed by atoms with Gasteiger partial charge in [0.05, 0.1) is 5.69 Å². The normalized spacial score (nSPS) is 10.1. The van der Waals surface area contributed by atoms with E-state index >= 15 is 0 Å². The molecule has 0 fully saturated rings. The minimum atomic E-state index is -0.822. The Morgan fingerprint density at radius 2 is 1.71 bits per heavy atom. The first-order valence-electron chi connectivity index (χ1n) is 7.22. The number of nitrogens with two attached hydrogens (primary N) is 1. The van der Waals surface area contributed by atoms with E-state index < -0.39 is 11.9 Å². The van der Waals surface area contributed by atoms with E-state index in [-0.39, 0.29) is 6.61 Å². The molecule has 0 aliphatic heterocycles. The quantitative estimate of drug-likeness (QED) is 0.834. The number of hydrazine groups is 1. The molecular weight excluding hydrogens is 330 g/mol. The number of hydrogen-bond acceptors (Lipinski definition) is 3. The molecule has 0 heterocycles. The van der Waals surface area contributed by atoms with Gasteiger partial charge in [0.2, 0.25) is 0 Å². The third-order valence-corrected chi connectivity index (χ3v) is 3.55. The van der Waals surface area contributed by atoms with Gasteiger partial charge in [0.1, 0.15) is 5.75 Å². The molecule has 0 saturated carbocycles. The minimum Gasteiger partial charge on any atom is -0.483 e. The van der Waals surface area contributed by atoms with E-state index in [1.54, 1.807) is 24.3 Å². The van der Waals surface area contributed by atoms with Gasteiger partial charge in [-0.05, 0) is 49.2 Å². The Kier molecular flexibility index (Phi) is 5.65. The zero-order chi connectivity index (χ0) is 17.7. The van der Waals surface area contributed by atoms with E-state index in [2.05, 4.69) is 5.43 Å². The van der Waals surface area contributed by atoms with Crippen molar-refractivity contribution >= 4 is 29.2 Å². The summed E-state index contributed by atoms with van der Waals surface area (Å²) in [6.45, 7) is 3.54. The van der Waals surface area contributed by atoms with Crippen LogP contribution in [0.25, 0.3) is 0 Å². The van der Waals surface area contributed by atoms with Gasteiger partial charge in [0.25, 0.3) is 5.91 Å². The third kappa shape index (κ3) is 4.39. The maximum atomic E-state index is 12.1. The highest BCUT2D eigenvalue weighted by molar-refractivity contribution is 6.30. The monoisotopic (exact) mass is 347 g/mol. The second-order valence-corrected chi connectivity index (χ2v) is 5.63. The van der Waals surface area contributed by atoms with Gasteiger partial charge in [0, 0.05) is 5.02 Å². The number of benzene rings is 2. The van der Waals surface area contributed by atoms with Crippen LogP contribution >= 0.6 is 11.6 Å². The number of primary amides is 1. The number of anilines is 1. The second-order valence-electron chi connectivity index (χ2n) is 5.19. The molecule has 7 heteroatoms. The first-order valence-corrected chi connectivity index (χ1v) is 7.60. The molecule has 6 nitrogen and oxygen atoms in total. The lowest BCUT2D eigenvalue weighted by Gasteiger charge is -2.21. The number of hydrogen-bond donors (Lipinski definition) is 2. The molecule has 0 radical (unpaired) electrons. The number of carbonyl (C=O) groups excluding carboxylic acids is 2. The van der Waals surface area contributed by atoms with Crippen molar-refractivity contribution in [1.29, 1.82) is 0 Å². The van der Waals surface area contributed by atoms with Crippen LogP contribution in [0.1, 0.15) is 11.1 Å². The third-order valence-electron chi connectivity index (χ3n) is 3.30. The Morgan fingerprint density at radius 1 is 1.12 bits per heavy atom. The van der Waals surface area contributed by atoms with Crippen molar-refractivity contribution in [3.63, 3.8) is 0 Å². The van der Waals surface area contributed by atoms with Crippen molar-refractivity contribution in [2.24, 2.45) is 5.73 Å². The van der Waals surface area contributed by atoms with Crippen LogP contribution < -0.4 is 20.9 Å². The predicted molar refractivity (Wildman–Crippen MR) is 93.1 cm³/mol. The number of nitrogens with one attached hydrogen (secondary N) is 1. The number of carbonyl (C=O) groups is 2. The standard InChI is InChI=1S/C17H18ClN3O3/c1-11-4-3-5-12(2)16(11)24-10-15(22)20-21(17(19)23)14-8-6-13(18)7-9-14/h3-9H,10H2,1-2H3,(H2,19,23)(H,20,22). The SMILES string of the molecule is Cc1cccc(C)c1OCC(=O)NN(C(N)=O)c1ccc(Cl)cc1. The van der Waals surface area contributed by atoms with Gasteiger partial charge in [-0.3, -0.25) is 10.2 Å². The number of ether oxygens (including phenoxy) is 1. The lowest BCUT2D eigenvalue weighted by Crippen LogP contribution is -2.50. The molecule has 24 heavy (non-hydrogen) atoms. The Labute approximate surface area is 145 Å². The van der Waals surface area contributed by atoms with Gasteiger partial charge in [-0.1, -0.05) is 29.8 Å². The second kappa shape index (κ2) is 7.70. The number of para-hydroxylation sites is 1. The van der Waals surface area contributed by atoms with E-state index in [0.717, 1.165) is 16.1 Å². The largest absolute Gasteiger partial charge is 0.483 e. The average molecular weight is 348 g/mol. The molecular formula is C17H18ClN3O3. The maximum Gasteiger partial charge on any atom is 0.338 e. The smallest absolute Gasteiger partial charge is 0.338 e. The number of urea groups is 1. The molecule has 126 valence electrons. The molecule has 2 aromatic carbocycles. The van der Waals surface area contributed by atoms with Crippen molar-refractivity contribution in [3.8, 4) is 5.75 Å². The number of amides is 3. The summed E-state index contributed by atoms with van der Waals surface area (Å²) in [4.78, 5) is 23.6. The molecule has 0 saturated heterocycles. The van der Waals surface area contributed by atoms with Gasteiger partial charge in [-0.15, -0.1) is 0 Å². The van der Waals surface area contributed by atoms with E-state index in [1.807, 2.05) is 32.0 Å². The summed E-state index contributed by atoms with van der Waals surface area (Å²) in [6.07, 6.45) is 0. The van der Waals surface area contributed by atoms with Crippen molar-refractivity contribution in [3.05, 3.63) is 58.6 Å². The van der Waals surface area contributed by atoms with Gasteiger partial charge in [0.15, 0.2) is 6.61 Å². The summed E-state index contributed by atoms with van der Waals surface area (Å²) in [5, 5.41) is 1.44. The first-order chi connectivity index (χ1) is 11.4. The van der Waals surface area contributed by atoms with Crippen LogP contribution in [0.2, 0.25) is 5.02 Å². The van der Waals surface area contributed by atoms with Crippen molar-refractivity contribution in [2.45, 2.75) is 13.8 Å². The number of aryl methyl sites for hydroxylation is 2. The summed E-state index contributed by atoms with van der Waals surface area (Å²) in [5.41, 5.74) is 9.96. The fourth-order valence-electron chi connectivity index (χ4n) is 2.16. The molecule has 3 N–H and O–H groups in total. The van der Waals surface area contributed by atoms with Crippen LogP contribution in [0.3, 0.4) is 0 Å². The summed E-state index contributed by atoms with van der Waals surface area (Å²) in [5.74, 6) is 0.135. The van der Waals surface area contributed by atoms with Crippen LogP contribution in [0.4, 0.5) is 10.5 Å². The Morgan fingerprint density at radius 3 is 2.25 bits per heavy atom. The summed E-state index contributed by atoms with van der Waals surface area (Å²) < 4.78 is 5.55. The summed E-state index contributed by atoms with van der Waals surface area (Å²) in [7, 11) is 0. The summed E-state index contributed by atoms with van der Waals surface area (Å²) >= 11 is 5.81. The van der Waals surface area contributed by atoms with Crippen LogP contribution in [0, 0.1) is 13.8 Å². The van der Waals surface area contributed by atoms with E-state index in [9.17, 15) is 9.59 Å². The predicted octanol–water partition coefficient (Wildman–Crippen LogP) is 2.95. The van der Waals surface area contributed by atoms with Crippen molar-refractivity contribution < 1.29 is 14.3 Å². The molecule has 0 atom stereocenters. The molecule has 2 rings (SSSR count). The lowest BCUT2D eigenvalue weighted by atomic mass is 10.1. The van der Waals surface area contributed by atoms with E-state index in [0.29, 0.717) is 16.5 Å². The fourth-order valence-corrected chi connectivity index (χ4v) is 2.28. The van der Waals surface area contributed by atoms with Crippen LogP contribution in [-0.2, 0) is 4.79 Å². The topological polar surface area (TPSA) is 84.7 Å². The van der Waals surface area contributed by atoms with E-state index in [1.165, 1.54) is 0 Å². The minimum absolute atomic E-state index is 0.247. The van der Waals surface area contributed by atoms with Gasteiger partial charge in [-0.2, -0.15) is 0 Å². The van der Waals surface area contributed by atoms with Crippen LogP contribution in [0.15, 0.2) is 42.5 Å². The van der Waals surface area contributed by atoms with Gasteiger partial charge < -0.3 is 10.5 Å². The zero-order valence-electron chi connectivity index (χ0n) is 13.4. The van der Waals surface area contributed by atoms with Gasteiger partial charge >= 0.3 is 6.03 Å². The molecule has 0 spiro atoms. The van der Waals surface area contributed by atoms with Crippen LogP contribution in [0.5, 0.6) is 5.75 Å². The Balaban J connectivity index is 2.03. The fraction of sp³-hybridized carbons (Fsp3) is 0.176. The average Bonchev–Trinajstić information content (AvgIpc) is 2.53. The highest BCUT2D eigenvalue weighted by Crippen LogP contribution is 2.22. The number of halogens is 1. The molecule has 0 aromatic heterocycles. The molecule has 0 bridgehead atoms. The number of nitrogens with zero attached hydrogens (tertiary/aromatic N) is 1. The van der Waals surface area contributed by atoms with Crippen molar-refractivity contribution in [1.82, 2.24) is 5.43 Å². The zero-order valence-corrected chi connectivity index (χ0v) is 14.1. The number of rotatable bonds is 4. The van der Waals surface area contributed by atoms with Gasteiger partial charge in [-0.25, -0.2) is 9.80 Å². The highest BCUT2D eigenvalue weighted by Gasteiger charge is 2.16. The molecule has 3 amide bonds. The maximum absolute atomic E-state index is 12.1. The Hall–Kier alpha value is -2.73. The summed E-state index contributed by atoms with van der Waals surface area (Å²) in [6, 6.07) is 11.2. The van der Waals surface area contributed by atoms with Crippen molar-refractivity contribution in [2.75, 3.05) is 11.6 Å². The molecule has 0 aliphatic carbocycles. The highest BCUT2D eigenvalue weighted by atomic mass is 35.5. The molecule has 0 unspecified atom stereocenters. The van der Waals surface area contributed by atoms with E-state index in [4.69, 9.17) is 22.1 Å². The molecule has 0 aliphatic rings.